The number of aromatic nitrogens is 3. The van der Waals surface area contributed by atoms with Crippen molar-refractivity contribution >= 4 is 17.3 Å². The summed E-state index contributed by atoms with van der Waals surface area (Å²) in [4.78, 5) is 19.0. The van der Waals surface area contributed by atoms with Gasteiger partial charge in [0.15, 0.2) is 12.3 Å². The lowest BCUT2D eigenvalue weighted by molar-refractivity contribution is -0.171. The van der Waals surface area contributed by atoms with Crippen molar-refractivity contribution in [2.24, 2.45) is 0 Å². The third-order valence-electron chi connectivity index (χ3n) is 6.23. The Morgan fingerprint density at radius 3 is 2.58 bits per heavy atom. The van der Waals surface area contributed by atoms with Gasteiger partial charge in [0, 0.05) is 31.0 Å². The molecule has 0 amide bonds. The van der Waals surface area contributed by atoms with Gasteiger partial charge in [-0.25, -0.2) is 9.78 Å². The van der Waals surface area contributed by atoms with Gasteiger partial charge in [0.1, 0.15) is 17.0 Å². The summed E-state index contributed by atoms with van der Waals surface area (Å²) in [7, 11) is 1.60. The summed E-state index contributed by atoms with van der Waals surface area (Å²) in [6, 6.07) is 13.1. The van der Waals surface area contributed by atoms with E-state index in [-0.39, 0.29) is 12.1 Å². The molecule has 0 aliphatic carbocycles. The van der Waals surface area contributed by atoms with Crippen molar-refractivity contribution in [2.75, 3.05) is 30.4 Å². The van der Waals surface area contributed by atoms with Crippen molar-refractivity contribution < 1.29 is 24.1 Å². The summed E-state index contributed by atoms with van der Waals surface area (Å²) in [6.07, 6.45) is 1.69. The van der Waals surface area contributed by atoms with E-state index in [0.717, 1.165) is 31.6 Å². The van der Waals surface area contributed by atoms with Gasteiger partial charge in [-0.3, -0.25) is 5.10 Å². The van der Waals surface area contributed by atoms with Crippen LogP contribution in [0.5, 0.6) is 5.75 Å². The Kier molecular flexibility index (Phi) is 8.53. The summed E-state index contributed by atoms with van der Waals surface area (Å²) in [6.45, 7) is 8.87. The van der Waals surface area contributed by atoms with Crippen LogP contribution in [-0.2, 0) is 14.3 Å². The average Bonchev–Trinajstić information content (AvgIpc) is 3.44. The van der Waals surface area contributed by atoms with Crippen LogP contribution >= 0.6 is 0 Å². The molecule has 204 valence electrons. The number of aliphatic hydroxyl groups is 1. The maximum Gasteiger partial charge on any atom is 0.335 e. The number of nitrogens with one attached hydrogen (secondary N) is 2. The second kappa shape index (κ2) is 11.8. The zero-order valence-corrected chi connectivity index (χ0v) is 22.6. The minimum absolute atomic E-state index is 0.00326. The largest absolute Gasteiger partial charge is 0.495 e. The highest BCUT2D eigenvalue weighted by Gasteiger charge is 2.28. The molecule has 2 atom stereocenters. The van der Waals surface area contributed by atoms with Crippen LogP contribution in [0.2, 0.25) is 0 Å². The fraction of sp³-hybridized carbons (Fsp3) is 0.464. The normalized spacial score (nSPS) is 16.1. The number of anilines is 2. The van der Waals surface area contributed by atoms with E-state index < -0.39 is 17.9 Å². The van der Waals surface area contributed by atoms with Crippen molar-refractivity contribution in [1.82, 2.24) is 15.2 Å². The molecule has 2 aromatic heterocycles. The number of pyridine rings is 1. The van der Waals surface area contributed by atoms with Crippen LogP contribution in [0, 0.1) is 0 Å². The quantitative estimate of drug-likeness (QED) is 0.278. The molecule has 10 heteroatoms. The van der Waals surface area contributed by atoms with Gasteiger partial charge in [-0.05, 0) is 70.9 Å². The van der Waals surface area contributed by atoms with Gasteiger partial charge in [-0.15, -0.1) is 0 Å². The first-order valence-electron chi connectivity index (χ1n) is 12.9. The molecular formula is C28H37N5O5. The van der Waals surface area contributed by atoms with E-state index >= 15 is 0 Å². The Labute approximate surface area is 223 Å². The van der Waals surface area contributed by atoms with Crippen LogP contribution in [0.15, 0.2) is 48.7 Å². The van der Waals surface area contributed by atoms with Gasteiger partial charge in [0.05, 0.1) is 30.3 Å². The smallest absolute Gasteiger partial charge is 0.335 e. The number of piperidine rings is 1. The number of carbonyl (C=O) groups is 1. The fourth-order valence-corrected chi connectivity index (χ4v) is 4.35. The van der Waals surface area contributed by atoms with Crippen molar-refractivity contribution in [2.45, 2.75) is 64.6 Å². The number of hydrogen-bond acceptors (Lipinski definition) is 9. The number of hydrogen-bond donors (Lipinski definition) is 3. The lowest BCUT2D eigenvalue weighted by Crippen LogP contribution is -2.40. The molecule has 1 aromatic carbocycles. The van der Waals surface area contributed by atoms with E-state index in [9.17, 15) is 9.90 Å². The predicted molar refractivity (Wildman–Crippen MR) is 145 cm³/mol. The molecule has 3 aromatic rings. The summed E-state index contributed by atoms with van der Waals surface area (Å²) < 4.78 is 17.0. The molecule has 38 heavy (non-hydrogen) atoms. The average molecular weight is 524 g/mol. The van der Waals surface area contributed by atoms with Gasteiger partial charge in [-0.2, -0.15) is 5.10 Å². The minimum Gasteiger partial charge on any atom is -0.495 e. The molecular weight excluding hydrogens is 486 g/mol. The van der Waals surface area contributed by atoms with E-state index in [1.807, 2.05) is 57.2 Å². The molecule has 1 aliphatic heterocycles. The highest BCUT2D eigenvalue weighted by atomic mass is 16.6. The van der Waals surface area contributed by atoms with E-state index in [2.05, 4.69) is 25.4 Å². The molecule has 1 unspecified atom stereocenters. The van der Waals surface area contributed by atoms with E-state index in [1.165, 1.54) is 0 Å². The molecule has 4 rings (SSSR count). The van der Waals surface area contributed by atoms with Crippen molar-refractivity contribution in [1.29, 1.82) is 0 Å². The molecule has 0 bridgehead atoms. The van der Waals surface area contributed by atoms with E-state index in [0.29, 0.717) is 28.5 Å². The number of H-pyrrole nitrogens is 1. The van der Waals surface area contributed by atoms with Crippen molar-refractivity contribution in [3.8, 4) is 17.1 Å². The Morgan fingerprint density at radius 1 is 1.16 bits per heavy atom. The fourth-order valence-electron chi connectivity index (χ4n) is 4.35. The number of rotatable bonds is 9. The summed E-state index contributed by atoms with van der Waals surface area (Å²) in [5.41, 5.74) is 2.97. The molecule has 0 saturated carbocycles. The van der Waals surface area contributed by atoms with E-state index in [1.54, 1.807) is 26.3 Å². The molecule has 0 spiro atoms. The van der Waals surface area contributed by atoms with Crippen LogP contribution in [0.3, 0.4) is 0 Å². The minimum atomic E-state index is -1.03. The Bertz CT molecular complexity index is 1200. The predicted octanol–water partition coefficient (Wildman–Crippen LogP) is 4.30. The van der Waals surface area contributed by atoms with Crippen LogP contribution in [0.25, 0.3) is 11.4 Å². The number of aliphatic hydroxyl groups excluding tert-OH is 1. The molecule has 1 aliphatic rings. The number of aromatic amines is 1. The molecule has 1 fully saturated rings. The number of methoxy groups -OCH3 is 1. The summed E-state index contributed by atoms with van der Waals surface area (Å²) in [5.74, 6) is 0.278. The topological polar surface area (TPSA) is 122 Å². The molecule has 1 saturated heterocycles. The molecule has 10 nitrogen and oxygen atoms in total. The number of benzene rings is 1. The number of nitrogens with zero attached hydrogens (tertiary/aromatic N) is 3. The van der Waals surface area contributed by atoms with Gasteiger partial charge in [0.25, 0.3) is 0 Å². The second-order valence-electron chi connectivity index (χ2n) is 10.3. The zero-order chi connectivity index (χ0) is 27.3. The molecule has 3 heterocycles. The van der Waals surface area contributed by atoms with E-state index in [4.69, 9.17) is 14.2 Å². The highest BCUT2D eigenvalue weighted by Crippen LogP contribution is 2.33. The standard InChI is InChI=1S/C28H37N5O5/c1-18(27(35)38-28(2,3)4)37-20-12-15-33(16-13-20)19-9-10-23(25(17-19)36-5)31-26(34)24-8-6-7-21(30-24)22-11-14-29-32-22/h6-11,14,17-18,20,26,31,34H,12-13,15-16H2,1-5H3,(H,29,32)/t18-,26?/m1/s1. The zero-order valence-electron chi connectivity index (χ0n) is 22.6. The van der Waals surface area contributed by atoms with Gasteiger partial charge in [0.2, 0.25) is 0 Å². The first-order chi connectivity index (χ1) is 18.1. The van der Waals surface area contributed by atoms with Crippen LogP contribution in [-0.4, -0.2) is 64.3 Å². The maximum absolute atomic E-state index is 12.3. The summed E-state index contributed by atoms with van der Waals surface area (Å²) in [5, 5.41) is 20.8. The first-order valence-corrected chi connectivity index (χ1v) is 12.9. The Balaban J connectivity index is 1.35. The Hall–Kier alpha value is -3.63. The van der Waals surface area contributed by atoms with Crippen molar-refractivity contribution in [3.05, 3.63) is 54.4 Å². The number of carbonyl (C=O) groups excluding carboxylic acids is 1. The van der Waals surface area contributed by atoms with Crippen molar-refractivity contribution in [3.63, 3.8) is 0 Å². The Morgan fingerprint density at radius 2 is 1.92 bits per heavy atom. The van der Waals surface area contributed by atoms with Gasteiger partial charge < -0.3 is 29.5 Å². The SMILES string of the molecule is COc1cc(N2CCC(O[C@H](C)C(=O)OC(C)(C)C)CC2)ccc1NC(O)c1cccc(-c2cc[nH]n2)n1. The lowest BCUT2D eigenvalue weighted by Gasteiger charge is -2.35. The molecule has 3 N–H and O–H groups in total. The van der Waals surface area contributed by atoms with Crippen LogP contribution in [0.1, 0.15) is 52.5 Å². The lowest BCUT2D eigenvalue weighted by atomic mass is 10.1. The third-order valence-corrected chi connectivity index (χ3v) is 6.23. The first kappa shape index (κ1) is 27.4. The highest BCUT2D eigenvalue weighted by molar-refractivity contribution is 5.74. The van der Waals surface area contributed by atoms with Crippen LogP contribution in [0.4, 0.5) is 11.4 Å². The third kappa shape index (κ3) is 7.02. The van der Waals surface area contributed by atoms with Gasteiger partial charge in [-0.1, -0.05) is 6.07 Å². The number of ether oxygens (including phenoxy) is 3. The monoisotopic (exact) mass is 523 g/mol. The van der Waals surface area contributed by atoms with Gasteiger partial charge >= 0.3 is 5.97 Å². The maximum atomic E-state index is 12.3. The number of esters is 1. The summed E-state index contributed by atoms with van der Waals surface area (Å²) >= 11 is 0. The molecule has 0 radical (unpaired) electrons. The second-order valence-corrected chi connectivity index (χ2v) is 10.3. The van der Waals surface area contributed by atoms with Crippen LogP contribution < -0.4 is 15.0 Å².